The Morgan fingerprint density at radius 2 is 1.82 bits per heavy atom. The number of piperidine rings is 1. The number of hydrogen-bond acceptors (Lipinski definition) is 9. The second-order valence-electron chi connectivity index (χ2n) is 12.6. The third kappa shape index (κ3) is 8.86. The van der Waals surface area contributed by atoms with Crippen molar-refractivity contribution in [2.24, 2.45) is 5.92 Å². The summed E-state index contributed by atoms with van der Waals surface area (Å²) in [5.74, 6) is 2.56. The van der Waals surface area contributed by atoms with E-state index in [4.69, 9.17) is 9.15 Å². The largest absolute Gasteiger partial charge is 0.444 e. The van der Waals surface area contributed by atoms with Crippen molar-refractivity contribution >= 4 is 40.2 Å². The van der Waals surface area contributed by atoms with Gasteiger partial charge < -0.3 is 24.7 Å². The van der Waals surface area contributed by atoms with Gasteiger partial charge in [0.15, 0.2) is 5.13 Å². The maximum Gasteiger partial charge on any atom is 0.407 e. The van der Waals surface area contributed by atoms with Crippen LogP contribution in [0, 0.1) is 5.92 Å². The van der Waals surface area contributed by atoms with Crippen molar-refractivity contribution < 1.29 is 18.7 Å². The van der Waals surface area contributed by atoms with Crippen LogP contribution >= 0.6 is 23.1 Å². The van der Waals surface area contributed by atoms with Gasteiger partial charge in [0.2, 0.25) is 11.8 Å². The number of carbonyl (C=O) groups excluding carboxylic acids is 2. The number of amides is 2. The van der Waals surface area contributed by atoms with Crippen molar-refractivity contribution in [1.82, 2.24) is 20.2 Å². The van der Waals surface area contributed by atoms with Gasteiger partial charge in [-0.15, -0.1) is 11.8 Å². The van der Waals surface area contributed by atoms with Crippen LogP contribution in [0.3, 0.4) is 0 Å². The standard InChI is InChI=1S/C28H43N5O4S2/c1-27(2,3)21-14-29-22(36-21)17-38-23-15-30-25(39-23)31-20-8-7-13-33(16-20)24(34)18-9-11-19(12-10-18)32-26(35)37-28(4,5)6/h14-15,18-20H,7-13,16-17H2,1-6H3,(H,30,31)(H,32,35)/t18?,19?,20-/m1/s1. The summed E-state index contributed by atoms with van der Waals surface area (Å²) in [6.07, 6.45) is 8.52. The highest BCUT2D eigenvalue weighted by Crippen LogP contribution is 2.33. The Kier molecular flexibility index (Phi) is 9.52. The summed E-state index contributed by atoms with van der Waals surface area (Å²) in [6, 6.07) is 0.263. The van der Waals surface area contributed by atoms with Crippen LogP contribution in [0.4, 0.5) is 9.93 Å². The highest BCUT2D eigenvalue weighted by molar-refractivity contribution is 8.00. The molecule has 0 unspecified atom stereocenters. The summed E-state index contributed by atoms with van der Waals surface area (Å²) in [4.78, 5) is 36.4. The fraction of sp³-hybridized carbons (Fsp3) is 0.714. The lowest BCUT2D eigenvalue weighted by atomic mass is 9.84. The Morgan fingerprint density at radius 3 is 2.49 bits per heavy atom. The molecule has 216 valence electrons. The molecule has 3 heterocycles. The molecule has 0 spiro atoms. The zero-order chi connectivity index (χ0) is 28.2. The number of nitrogens with zero attached hydrogens (tertiary/aromatic N) is 3. The minimum Gasteiger partial charge on any atom is -0.444 e. The van der Waals surface area contributed by atoms with Crippen molar-refractivity contribution in [2.75, 3.05) is 18.4 Å². The van der Waals surface area contributed by atoms with Crippen LogP contribution in [-0.4, -0.2) is 57.6 Å². The molecular formula is C28H43N5O4S2. The fourth-order valence-electron chi connectivity index (χ4n) is 4.94. The minimum absolute atomic E-state index is 0.0253. The van der Waals surface area contributed by atoms with Crippen molar-refractivity contribution in [3.63, 3.8) is 0 Å². The Labute approximate surface area is 240 Å². The van der Waals surface area contributed by atoms with Gasteiger partial charge >= 0.3 is 6.09 Å². The van der Waals surface area contributed by atoms with Gasteiger partial charge in [0.25, 0.3) is 0 Å². The molecule has 2 aliphatic rings. The molecule has 39 heavy (non-hydrogen) atoms. The van der Waals surface area contributed by atoms with Crippen LogP contribution in [0.5, 0.6) is 0 Å². The van der Waals surface area contributed by atoms with Crippen LogP contribution in [0.25, 0.3) is 0 Å². The Balaban J connectivity index is 1.21. The smallest absolute Gasteiger partial charge is 0.407 e. The molecule has 1 aliphatic heterocycles. The molecule has 0 radical (unpaired) electrons. The number of ether oxygens (including phenoxy) is 1. The van der Waals surface area contributed by atoms with Crippen molar-refractivity contribution in [2.45, 2.75) is 113 Å². The molecular weight excluding hydrogens is 534 g/mol. The number of thioether (sulfide) groups is 1. The number of alkyl carbamates (subject to hydrolysis) is 1. The highest BCUT2D eigenvalue weighted by atomic mass is 32.2. The van der Waals surface area contributed by atoms with E-state index in [-0.39, 0.29) is 35.4 Å². The van der Waals surface area contributed by atoms with Crippen LogP contribution in [0.15, 0.2) is 21.0 Å². The number of hydrogen-bond donors (Lipinski definition) is 2. The predicted molar refractivity (Wildman–Crippen MR) is 155 cm³/mol. The zero-order valence-corrected chi connectivity index (χ0v) is 25.7. The topological polar surface area (TPSA) is 110 Å². The molecule has 0 aromatic carbocycles. The first kappa shape index (κ1) is 29.7. The molecule has 2 fully saturated rings. The molecule has 2 aromatic rings. The molecule has 0 bridgehead atoms. The number of thiazole rings is 1. The average Bonchev–Trinajstić information content (AvgIpc) is 3.51. The number of aromatic nitrogens is 2. The molecule has 1 saturated carbocycles. The predicted octanol–water partition coefficient (Wildman–Crippen LogP) is 6.21. The van der Waals surface area contributed by atoms with Gasteiger partial charge in [0.05, 0.1) is 22.4 Å². The van der Waals surface area contributed by atoms with E-state index in [0.717, 1.165) is 66.1 Å². The molecule has 11 heteroatoms. The van der Waals surface area contributed by atoms with E-state index in [1.165, 1.54) is 0 Å². The van der Waals surface area contributed by atoms with Crippen molar-refractivity contribution in [3.05, 3.63) is 24.0 Å². The summed E-state index contributed by atoms with van der Waals surface area (Å²) in [5.41, 5.74) is -0.561. The van der Waals surface area contributed by atoms with E-state index >= 15 is 0 Å². The summed E-state index contributed by atoms with van der Waals surface area (Å²) in [6.45, 7) is 13.4. The van der Waals surface area contributed by atoms with Gasteiger partial charge in [0, 0.05) is 36.5 Å². The van der Waals surface area contributed by atoms with Gasteiger partial charge in [0.1, 0.15) is 11.4 Å². The first-order chi connectivity index (χ1) is 18.4. The molecule has 1 saturated heterocycles. The monoisotopic (exact) mass is 577 g/mol. The van der Waals surface area contributed by atoms with Gasteiger partial charge in [-0.1, -0.05) is 32.1 Å². The molecule has 9 nitrogen and oxygen atoms in total. The Hall–Kier alpha value is -2.27. The van der Waals surface area contributed by atoms with E-state index < -0.39 is 5.60 Å². The summed E-state index contributed by atoms with van der Waals surface area (Å²) in [7, 11) is 0. The molecule has 2 amide bonds. The van der Waals surface area contributed by atoms with E-state index in [9.17, 15) is 9.59 Å². The van der Waals surface area contributed by atoms with Gasteiger partial charge in [-0.3, -0.25) is 4.79 Å². The Bertz CT molecular complexity index is 1110. The second kappa shape index (κ2) is 12.5. The van der Waals surface area contributed by atoms with Gasteiger partial charge in [-0.05, 0) is 59.3 Å². The lowest BCUT2D eigenvalue weighted by Gasteiger charge is -2.37. The average molecular weight is 578 g/mol. The summed E-state index contributed by atoms with van der Waals surface area (Å²) >= 11 is 3.30. The van der Waals surface area contributed by atoms with E-state index in [1.54, 1.807) is 23.1 Å². The minimum atomic E-state index is -0.511. The maximum absolute atomic E-state index is 13.3. The number of likely N-dealkylation sites (tertiary alicyclic amines) is 1. The van der Waals surface area contributed by atoms with Crippen LogP contribution in [0.1, 0.15) is 91.7 Å². The van der Waals surface area contributed by atoms with Gasteiger partial charge in [-0.25, -0.2) is 14.8 Å². The number of anilines is 1. The summed E-state index contributed by atoms with van der Waals surface area (Å²) < 4.78 is 12.4. The van der Waals surface area contributed by atoms with Crippen LogP contribution in [-0.2, 0) is 20.7 Å². The Morgan fingerprint density at radius 1 is 1.08 bits per heavy atom. The van der Waals surface area contributed by atoms with E-state index in [1.807, 2.05) is 38.1 Å². The number of carbonyl (C=O) groups is 2. The maximum atomic E-state index is 13.3. The summed E-state index contributed by atoms with van der Waals surface area (Å²) in [5, 5.41) is 7.40. The lowest BCUT2D eigenvalue weighted by Crippen LogP contribution is -2.48. The van der Waals surface area contributed by atoms with Crippen LogP contribution in [0.2, 0.25) is 0 Å². The molecule has 1 aliphatic carbocycles. The number of oxazole rings is 1. The van der Waals surface area contributed by atoms with E-state index in [0.29, 0.717) is 12.3 Å². The fourth-order valence-corrected chi connectivity index (χ4v) is 6.74. The number of rotatable bonds is 7. The lowest BCUT2D eigenvalue weighted by molar-refractivity contribution is -0.137. The highest BCUT2D eigenvalue weighted by Gasteiger charge is 2.33. The zero-order valence-electron chi connectivity index (χ0n) is 24.0. The molecule has 2 aromatic heterocycles. The van der Waals surface area contributed by atoms with Gasteiger partial charge in [-0.2, -0.15) is 0 Å². The number of nitrogens with one attached hydrogen (secondary N) is 2. The quantitative estimate of drug-likeness (QED) is 0.374. The van der Waals surface area contributed by atoms with E-state index in [2.05, 4.69) is 41.4 Å². The molecule has 4 rings (SSSR count). The molecule has 1 atom stereocenters. The first-order valence-electron chi connectivity index (χ1n) is 13.9. The third-order valence-electron chi connectivity index (χ3n) is 6.97. The normalized spacial score (nSPS) is 22.4. The SMILES string of the molecule is CC(C)(C)OC(=O)NC1CCC(C(=O)N2CCC[C@@H](Nc3ncc(SCc4ncc(C(C)(C)C)o4)s3)C2)CC1. The third-order valence-corrected chi connectivity index (χ3v) is 9.08. The van der Waals surface area contributed by atoms with Crippen molar-refractivity contribution in [3.8, 4) is 0 Å². The van der Waals surface area contributed by atoms with Crippen molar-refractivity contribution in [1.29, 1.82) is 0 Å². The molecule has 2 N–H and O–H groups in total. The van der Waals surface area contributed by atoms with Crippen LogP contribution < -0.4 is 10.6 Å². The second-order valence-corrected chi connectivity index (χ2v) is 14.9. The first-order valence-corrected chi connectivity index (χ1v) is 15.7.